The Morgan fingerprint density at radius 3 is 2.48 bits per heavy atom. The smallest absolute Gasteiger partial charge is 0.233 e. The highest BCUT2D eigenvalue weighted by Gasteiger charge is 2.71. The van der Waals surface area contributed by atoms with Crippen molar-refractivity contribution >= 4 is 11.6 Å². The number of ether oxygens (including phenoxy) is 1. The molecule has 0 unspecified atom stereocenters. The van der Waals surface area contributed by atoms with Crippen LogP contribution in [0.3, 0.4) is 0 Å². The number of Topliss-reactive ketones (excluding diaryl/α,β-unsaturated/α-hetero) is 2. The van der Waals surface area contributed by atoms with Crippen LogP contribution in [0.4, 0.5) is 0 Å². The molecule has 1 heterocycles. The molecule has 8 nitrogen and oxygen atoms in total. The Morgan fingerprint density at radius 1 is 1.07 bits per heavy atom. The zero-order chi connectivity index (χ0) is 19.5. The first-order valence-electron chi connectivity index (χ1n) is 8.75. The Labute approximate surface area is 153 Å². The number of carbonyl (C=O) groups excluding carboxylic acids is 2. The van der Waals surface area contributed by atoms with E-state index in [1.807, 2.05) is 0 Å². The van der Waals surface area contributed by atoms with E-state index in [4.69, 9.17) is 4.74 Å². The van der Waals surface area contributed by atoms with Crippen molar-refractivity contribution in [1.82, 2.24) is 0 Å². The van der Waals surface area contributed by atoms with E-state index in [-0.39, 0.29) is 29.1 Å². The van der Waals surface area contributed by atoms with Crippen LogP contribution in [0.2, 0.25) is 0 Å². The third-order valence-electron chi connectivity index (χ3n) is 6.65. The molecule has 0 saturated heterocycles. The van der Waals surface area contributed by atoms with E-state index in [0.29, 0.717) is 23.1 Å². The minimum atomic E-state index is -2.44. The number of aliphatic hydroxyl groups excluding tert-OH is 4. The molecule has 0 radical (unpaired) electrons. The lowest BCUT2D eigenvalue weighted by atomic mass is 9.54. The molecule has 0 spiro atoms. The topological polar surface area (TPSA) is 145 Å². The van der Waals surface area contributed by atoms with Crippen LogP contribution in [-0.2, 0) is 16.6 Å². The Hall–Kier alpha value is -2.10. The van der Waals surface area contributed by atoms with Crippen molar-refractivity contribution < 1.29 is 39.9 Å². The molecule has 27 heavy (non-hydrogen) atoms. The summed E-state index contributed by atoms with van der Waals surface area (Å²) >= 11 is 0. The van der Waals surface area contributed by atoms with Crippen molar-refractivity contribution in [3.63, 3.8) is 0 Å². The average Bonchev–Trinajstić information content (AvgIpc) is 3.15. The lowest BCUT2D eigenvalue weighted by Gasteiger charge is -2.52. The lowest BCUT2D eigenvalue weighted by molar-refractivity contribution is -0.239. The van der Waals surface area contributed by atoms with Crippen LogP contribution in [0.1, 0.15) is 45.2 Å². The maximum Gasteiger partial charge on any atom is 0.233 e. The number of hydrogen-bond acceptors (Lipinski definition) is 8. The van der Waals surface area contributed by atoms with Gasteiger partial charge in [0.05, 0.1) is 6.10 Å². The Balaban J connectivity index is 1.87. The summed E-state index contributed by atoms with van der Waals surface area (Å²) in [6, 6.07) is 3.10. The summed E-state index contributed by atoms with van der Waals surface area (Å²) < 4.78 is 5.24. The minimum absolute atomic E-state index is 0.0888. The molecule has 0 amide bonds. The van der Waals surface area contributed by atoms with E-state index < -0.39 is 41.4 Å². The maximum absolute atomic E-state index is 13.2. The number of aliphatic hydroxyl groups is 5. The second-order valence-corrected chi connectivity index (χ2v) is 7.85. The second-order valence-electron chi connectivity index (χ2n) is 7.85. The number of ketones is 2. The monoisotopic (exact) mass is 374 g/mol. The van der Waals surface area contributed by atoms with Gasteiger partial charge in [0.15, 0.2) is 17.1 Å². The molecule has 1 aliphatic heterocycles. The standard InChI is InChI=1S/C19H18O8/c1-18-8-4-2-6-7(3-5-9(6)20)10(8)11(21)13-14(18)19(26,17(25)27-13)16(24)12(22)15(18)23/h2,4,12,15-17,22-26H,3,5H2,1H3/t12-,15+,16+,17-,18-,19-/m1/s1. The first-order valence-corrected chi connectivity index (χ1v) is 8.75. The van der Waals surface area contributed by atoms with Gasteiger partial charge < -0.3 is 30.3 Å². The van der Waals surface area contributed by atoms with Crippen LogP contribution in [0.5, 0.6) is 0 Å². The van der Waals surface area contributed by atoms with Crippen LogP contribution in [-0.4, -0.2) is 67.3 Å². The van der Waals surface area contributed by atoms with Crippen molar-refractivity contribution in [1.29, 1.82) is 0 Å². The maximum atomic E-state index is 13.2. The van der Waals surface area contributed by atoms with Gasteiger partial charge in [0.1, 0.15) is 12.2 Å². The minimum Gasteiger partial charge on any atom is -0.457 e. The first-order chi connectivity index (χ1) is 12.6. The molecular formula is C19H18O8. The van der Waals surface area contributed by atoms with Crippen molar-refractivity contribution in [2.45, 2.75) is 55.4 Å². The van der Waals surface area contributed by atoms with Crippen LogP contribution in [0.25, 0.3) is 0 Å². The van der Waals surface area contributed by atoms with Gasteiger partial charge in [-0.3, -0.25) is 9.59 Å². The quantitative estimate of drug-likeness (QED) is 0.377. The van der Waals surface area contributed by atoms with Crippen LogP contribution >= 0.6 is 0 Å². The van der Waals surface area contributed by atoms with Gasteiger partial charge in [0.2, 0.25) is 12.1 Å². The molecule has 142 valence electrons. The van der Waals surface area contributed by atoms with Gasteiger partial charge in [-0.05, 0) is 24.5 Å². The van der Waals surface area contributed by atoms with Crippen molar-refractivity contribution in [3.05, 3.63) is 45.7 Å². The fourth-order valence-corrected chi connectivity index (χ4v) is 5.24. The van der Waals surface area contributed by atoms with Gasteiger partial charge >= 0.3 is 0 Å². The van der Waals surface area contributed by atoms with E-state index in [1.165, 1.54) is 13.0 Å². The van der Waals surface area contributed by atoms with Gasteiger partial charge in [-0.25, -0.2) is 0 Å². The summed E-state index contributed by atoms with van der Waals surface area (Å²) in [5.41, 5.74) is -2.59. The second kappa shape index (κ2) is 4.84. The fraction of sp³-hybridized carbons (Fsp3) is 0.474. The predicted octanol–water partition coefficient (Wildman–Crippen LogP) is -1.30. The summed E-state index contributed by atoms with van der Waals surface area (Å²) in [5, 5.41) is 52.9. The highest BCUT2D eigenvalue weighted by molar-refractivity contribution is 6.15. The zero-order valence-corrected chi connectivity index (χ0v) is 14.3. The predicted molar refractivity (Wildman–Crippen MR) is 87.9 cm³/mol. The van der Waals surface area contributed by atoms with Gasteiger partial charge in [-0.15, -0.1) is 0 Å². The van der Waals surface area contributed by atoms with E-state index in [9.17, 15) is 35.1 Å². The number of hydrogen-bond donors (Lipinski definition) is 5. The molecule has 1 aromatic carbocycles. The Kier molecular flexibility index (Phi) is 3.05. The van der Waals surface area contributed by atoms with E-state index >= 15 is 0 Å². The van der Waals surface area contributed by atoms with Gasteiger partial charge in [0.25, 0.3) is 0 Å². The molecule has 5 rings (SSSR count). The van der Waals surface area contributed by atoms with Gasteiger partial charge in [0, 0.05) is 28.5 Å². The third-order valence-corrected chi connectivity index (χ3v) is 6.65. The summed E-state index contributed by atoms with van der Waals surface area (Å²) in [5.74, 6) is -1.05. The Morgan fingerprint density at radius 2 is 1.78 bits per heavy atom. The number of rotatable bonds is 0. The van der Waals surface area contributed by atoms with Crippen molar-refractivity contribution in [2.75, 3.05) is 0 Å². The molecule has 3 aliphatic carbocycles. The molecule has 5 N–H and O–H groups in total. The van der Waals surface area contributed by atoms with E-state index in [0.717, 1.165) is 0 Å². The van der Waals surface area contributed by atoms with Crippen LogP contribution in [0.15, 0.2) is 23.5 Å². The van der Waals surface area contributed by atoms with Gasteiger partial charge in [-0.1, -0.05) is 12.1 Å². The van der Waals surface area contributed by atoms with E-state index in [2.05, 4.69) is 0 Å². The Bertz CT molecular complexity index is 965. The number of carbonyl (C=O) groups is 2. The molecule has 8 heteroatoms. The molecule has 4 aliphatic rings. The molecule has 1 fully saturated rings. The van der Waals surface area contributed by atoms with E-state index in [1.54, 1.807) is 6.07 Å². The summed E-state index contributed by atoms with van der Waals surface area (Å²) in [6.45, 7) is 1.52. The fourth-order valence-electron chi connectivity index (χ4n) is 5.24. The molecule has 1 saturated carbocycles. The SMILES string of the molecule is C[C@@]12C3=C(O[C@@H](O)[C@]3(O)[C@@H](O)[C@H](O)[C@@H]1O)C(=O)c1c2ccc2c1CCC2=O. The van der Waals surface area contributed by atoms with Crippen LogP contribution in [0, 0.1) is 0 Å². The zero-order valence-electron chi connectivity index (χ0n) is 14.3. The van der Waals surface area contributed by atoms with Crippen molar-refractivity contribution in [3.8, 4) is 0 Å². The van der Waals surface area contributed by atoms with Gasteiger partial charge in [-0.2, -0.15) is 0 Å². The number of fused-ring (bicyclic) bond motifs is 4. The normalized spacial score (nSPS) is 42.0. The molecule has 0 aromatic heterocycles. The molecular weight excluding hydrogens is 356 g/mol. The largest absolute Gasteiger partial charge is 0.457 e. The highest BCUT2D eigenvalue weighted by atomic mass is 16.6. The summed E-state index contributed by atoms with van der Waals surface area (Å²) in [7, 11) is 0. The average molecular weight is 374 g/mol. The molecule has 0 bridgehead atoms. The lowest BCUT2D eigenvalue weighted by Crippen LogP contribution is -2.70. The number of allylic oxidation sites excluding steroid dienone is 1. The first kappa shape index (κ1) is 17.0. The van der Waals surface area contributed by atoms with Crippen molar-refractivity contribution in [2.24, 2.45) is 0 Å². The summed E-state index contributed by atoms with van der Waals surface area (Å²) in [4.78, 5) is 25.3. The third kappa shape index (κ3) is 1.63. The molecule has 6 atom stereocenters. The number of benzene rings is 1. The van der Waals surface area contributed by atoms with Crippen LogP contribution < -0.4 is 0 Å². The highest BCUT2D eigenvalue weighted by Crippen LogP contribution is 2.58. The molecule has 1 aromatic rings. The summed E-state index contributed by atoms with van der Waals surface area (Å²) in [6.07, 6.45) is -6.68.